The molecule has 0 unspecified atom stereocenters. The number of hydrogen-bond acceptors (Lipinski definition) is 4. The first kappa shape index (κ1) is 19.7. The van der Waals surface area contributed by atoms with Crippen LogP contribution in [0.5, 0.6) is 5.75 Å². The fraction of sp³-hybridized carbons (Fsp3) is 0.650. The maximum atomic E-state index is 12.5. The molecule has 1 atom stereocenters. The molecule has 0 radical (unpaired) electrons. The number of ether oxygens (including phenoxy) is 2. The van der Waals surface area contributed by atoms with Gasteiger partial charge in [0.2, 0.25) is 0 Å². The number of nitrogens with zero attached hydrogens (tertiary/aromatic N) is 2. The van der Waals surface area contributed by atoms with E-state index in [1.54, 1.807) is 4.90 Å². The molecule has 1 aromatic carbocycles. The number of likely N-dealkylation sites (N-methyl/N-ethyl adjacent to an activating group) is 1. The highest BCUT2D eigenvalue weighted by Gasteiger charge is 2.20. The van der Waals surface area contributed by atoms with Gasteiger partial charge in [-0.3, -0.25) is 9.69 Å². The highest BCUT2D eigenvalue weighted by atomic mass is 16.5. The summed E-state index contributed by atoms with van der Waals surface area (Å²) >= 11 is 0. The van der Waals surface area contributed by atoms with Crippen molar-refractivity contribution in [3.8, 4) is 5.75 Å². The molecule has 1 amide bonds. The summed E-state index contributed by atoms with van der Waals surface area (Å²) in [5.74, 6) is 0.828. The Morgan fingerprint density at radius 2 is 2.00 bits per heavy atom. The number of aryl methyl sites for hydroxylation is 2. The number of rotatable bonds is 8. The SMILES string of the molecule is Cc1ccc(C)c(O[C@@H](C)C(=O)N(C)CCCCN2CCOCC2)c1. The van der Waals surface area contributed by atoms with Crippen molar-refractivity contribution in [3.63, 3.8) is 0 Å². The van der Waals surface area contributed by atoms with Crippen LogP contribution in [-0.2, 0) is 9.53 Å². The van der Waals surface area contributed by atoms with Gasteiger partial charge in [-0.05, 0) is 57.4 Å². The first-order valence-electron chi connectivity index (χ1n) is 9.26. The van der Waals surface area contributed by atoms with Crippen LogP contribution in [0.1, 0.15) is 30.9 Å². The largest absolute Gasteiger partial charge is 0.481 e. The first-order chi connectivity index (χ1) is 12.0. The molecule has 5 nitrogen and oxygen atoms in total. The lowest BCUT2D eigenvalue weighted by molar-refractivity contribution is -0.136. The molecule has 0 spiro atoms. The van der Waals surface area contributed by atoms with E-state index in [0.717, 1.165) is 69.1 Å². The molecule has 5 heteroatoms. The van der Waals surface area contributed by atoms with Crippen molar-refractivity contribution in [3.05, 3.63) is 29.3 Å². The number of amides is 1. The third-order valence-electron chi connectivity index (χ3n) is 4.69. The van der Waals surface area contributed by atoms with Gasteiger partial charge in [-0.15, -0.1) is 0 Å². The van der Waals surface area contributed by atoms with Gasteiger partial charge in [0.1, 0.15) is 5.75 Å². The molecule has 0 aliphatic carbocycles. The Morgan fingerprint density at radius 1 is 1.28 bits per heavy atom. The summed E-state index contributed by atoms with van der Waals surface area (Å²) in [7, 11) is 1.86. The van der Waals surface area contributed by atoms with Crippen molar-refractivity contribution >= 4 is 5.91 Å². The van der Waals surface area contributed by atoms with Crippen LogP contribution in [0.15, 0.2) is 18.2 Å². The van der Waals surface area contributed by atoms with Crippen molar-refractivity contribution in [2.24, 2.45) is 0 Å². The number of morpholine rings is 1. The van der Waals surface area contributed by atoms with Gasteiger partial charge in [0.15, 0.2) is 6.10 Å². The van der Waals surface area contributed by atoms with Crippen LogP contribution in [0.4, 0.5) is 0 Å². The van der Waals surface area contributed by atoms with Crippen molar-refractivity contribution in [2.45, 2.75) is 39.7 Å². The molecule has 1 fully saturated rings. The Hall–Kier alpha value is -1.59. The molecule has 2 rings (SSSR count). The summed E-state index contributed by atoms with van der Waals surface area (Å²) in [5, 5.41) is 0. The smallest absolute Gasteiger partial charge is 0.263 e. The van der Waals surface area contributed by atoms with E-state index >= 15 is 0 Å². The molecule has 1 aliphatic rings. The van der Waals surface area contributed by atoms with E-state index in [-0.39, 0.29) is 5.91 Å². The lowest BCUT2D eigenvalue weighted by atomic mass is 10.1. The molecule has 0 bridgehead atoms. The third kappa shape index (κ3) is 6.33. The van der Waals surface area contributed by atoms with E-state index in [9.17, 15) is 4.79 Å². The normalized spacial score (nSPS) is 16.5. The predicted molar refractivity (Wildman–Crippen MR) is 100 cm³/mol. The second-order valence-electron chi connectivity index (χ2n) is 6.95. The number of hydrogen-bond donors (Lipinski definition) is 0. The Labute approximate surface area is 151 Å². The predicted octanol–water partition coefficient (Wildman–Crippen LogP) is 2.64. The number of benzene rings is 1. The molecule has 0 saturated carbocycles. The van der Waals surface area contributed by atoms with Gasteiger partial charge in [-0.25, -0.2) is 0 Å². The van der Waals surface area contributed by atoms with Crippen molar-refractivity contribution < 1.29 is 14.3 Å². The second-order valence-corrected chi connectivity index (χ2v) is 6.95. The van der Waals surface area contributed by atoms with Crippen molar-refractivity contribution in [1.82, 2.24) is 9.80 Å². The minimum Gasteiger partial charge on any atom is -0.481 e. The van der Waals surface area contributed by atoms with E-state index in [0.29, 0.717) is 0 Å². The van der Waals surface area contributed by atoms with Crippen LogP contribution >= 0.6 is 0 Å². The molecule has 1 aromatic rings. The molecule has 1 saturated heterocycles. The maximum Gasteiger partial charge on any atom is 0.263 e. The fourth-order valence-corrected chi connectivity index (χ4v) is 3.00. The Kier molecular flexibility index (Phi) is 7.72. The summed E-state index contributed by atoms with van der Waals surface area (Å²) in [6, 6.07) is 6.06. The molecule has 1 aliphatic heterocycles. The summed E-state index contributed by atoms with van der Waals surface area (Å²) in [6.45, 7) is 11.4. The van der Waals surface area contributed by atoms with Gasteiger partial charge in [0, 0.05) is 26.7 Å². The van der Waals surface area contributed by atoms with Crippen LogP contribution in [0.2, 0.25) is 0 Å². The molecule has 0 aromatic heterocycles. The van der Waals surface area contributed by atoms with Crippen LogP contribution in [0, 0.1) is 13.8 Å². The molecular weight excluding hydrogens is 316 g/mol. The average molecular weight is 348 g/mol. The molecular formula is C20H32N2O3. The minimum absolute atomic E-state index is 0.0345. The van der Waals surface area contributed by atoms with Gasteiger partial charge in [0.25, 0.3) is 5.91 Å². The lowest BCUT2D eigenvalue weighted by Gasteiger charge is -2.27. The maximum absolute atomic E-state index is 12.5. The average Bonchev–Trinajstić information content (AvgIpc) is 2.61. The van der Waals surface area contributed by atoms with E-state index in [1.165, 1.54) is 0 Å². The van der Waals surface area contributed by atoms with Crippen LogP contribution in [0.3, 0.4) is 0 Å². The van der Waals surface area contributed by atoms with Crippen molar-refractivity contribution in [2.75, 3.05) is 46.4 Å². The summed E-state index contributed by atoms with van der Waals surface area (Å²) in [4.78, 5) is 16.7. The van der Waals surface area contributed by atoms with E-state index in [1.807, 2.05) is 40.0 Å². The Morgan fingerprint density at radius 3 is 2.72 bits per heavy atom. The molecule has 140 valence electrons. The zero-order chi connectivity index (χ0) is 18.2. The number of unbranched alkanes of at least 4 members (excludes halogenated alkanes) is 1. The minimum atomic E-state index is -0.468. The lowest BCUT2D eigenvalue weighted by Crippen LogP contribution is -2.39. The van der Waals surface area contributed by atoms with E-state index in [4.69, 9.17) is 9.47 Å². The highest BCUT2D eigenvalue weighted by Crippen LogP contribution is 2.20. The van der Waals surface area contributed by atoms with Crippen LogP contribution in [0.25, 0.3) is 0 Å². The quantitative estimate of drug-likeness (QED) is 0.678. The van der Waals surface area contributed by atoms with Gasteiger partial charge >= 0.3 is 0 Å². The highest BCUT2D eigenvalue weighted by molar-refractivity contribution is 5.80. The van der Waals surface area contributed by atoms with Crippen LogP contribution in [-0.4, -0.2) is 68.3 Å². The van der Waals surface area contributed by atoms with Gasteiger partial charge in [-0.2, -0.15) is 0 Å². The fourth-order valence-electron chi connectivity index (χ4n) is 3.00. The third-order valence-corrected chi connectivity index (χ3v) is 4.69. The zero-order valence-electron chi connectivity index (χ0n) is 16.1. The summed E-state index contributed by atoms with van der Waals surface area (Å²) < 4.78 is 11.3. The molecule has 1 heterocycles. The summed E-state index contributed by atoms with van der Waals surface area (Å²) in [6.07, 6.45) is 1.64. The van der Waals surface area contributed by atoms with Crippen LogP contribution < -0.4 is 4.74 Å². The first-order valence-corrected chi connectivity index (χ1v) is 9.26. The monoisotopic (exact) mass is 348 g/mol. The van der Waals surface area contributed by atoms with E-state index in [2.05, 4.69) is 11.0 Å². The van der Waals surface area contributed by atoms with E-state index < -0.39 is 6.10 Å². The Balaban J connectivity index is 1.71. The molecule has 25 heavy (non-hydrogen) atoms. The standard InChI is InChI=1S/C20H32N2O3/c1-16-7-8-17(2)19(15-16)25-18(3)20(23)21(4)9-5-6-10-22-11-13-24-14-12-22/h7-8,15,18H,5-6,9-14H2,1-4H3/t18-/m0/s1. The molecule has 0 N–H and O–H groups in total. The zero-order valence-corrected chi connectivity index (χ0v) is 16.1. The Bertz CT molecular complexity index is 556. The van der Waals surface area contributed by atoms with Crippen molar-refractivity contribution in [1.29, 1.82) is 0 Å². The number of carbonyl (C=O) groups is 1. The summed E-state index contributed by atoms with van der Waals surface area (Å²) in [5.41, 5.74) is 2.19. The number of carbonyl (C=O) groups excluding carboxylic acids is 1. The topological polar surface area (TPSA) is 42.0 Å². The second kappa shape index (κ2) is 9.78. The van der Waals surface area contributed by atoms with Gasteiger partial charge < -0.3 is 14.4 Å². The van der Waals surface area contributed by atoms with Gasteiger partial charge in [-0.1, -0.05) is 12.1 Å². The van der Waals surface area contributed by atoms with Gasteiger partial charge in [0.05, 0.1) is 13.2 Å².